The Hall–Kier alpha value is -2.71. The van der Waals surface area contributed by atoms with E-state index in [9.17, 15) is 18.0 Å². The zero-order chi connectivity index (χ0) is 20.9. The molecule has 1 fully saturated rings. The van der Waals surface area contributed by atoms with Crippen molar-refractivity contribution in [3.05, 3.63) is 65.2 Å². The van der Waals surface area contributed by atoms with E-state index in [0.29, 0.717) is 18.7 Å². The third-order valence-corrected chi connectivity index (χ3v) is 6.84. The average molecular weight is 416 g/mol. The number of hydrazine groups is 1. The van der Waals surface area contributed by atoms with Crippen LogP contribution in [0.5, 0.6) is 0 Å². The molecular weight excluding hydrogens is 390 g/mol. The van der Waals surface area contributed by atoms with E-state index >= 15 is 0 Å². The molecule has 29 heavy (non-hydrogen) atoms. The third-order valence-electron chi connectivity index (χ3n) is 4.92. The topological polar surface area (TPSA) is 95.6 Å². The van der Waals surface area contributed by atoms with Crippen molar-refractivity contribution in [1.82, 2.24) is 15.2 Å². The Balaban J connectivity index is 1.62. The normalized spacial score (nSPS) is 15.3. The highest BCUT2D eigenvalue weighted by molar-refractivity contribution is 7.89. The molecule has 0 spiro atoms. The summed E-state index contributed by atoms with van der Waals surface area (Å²) in [6.07, 6.45) is 3.81. The van der Waals surface area contributed by atoms with Crippen LogP contribution in [0.1, 0.15) is 52.0 Å². The van der Waals surface area contributed by atoms with Crippen LogP contribution in [0.25, 0.3) is 0 Å². The van der Waals surface area contributed by atoms with Gasteiger partial charge < -0.3 is 0 Å². The molecule has 7 nitrogen and oxygen atoms in total. The maximum Gasteiger partial charge on any atom is 0.269 e. The van der Waals surface area contributed by atoms with E-state index in [4.69, 9.17) is 0 Å². The molecule has 2 amide bonds. The number of carbonyl (C=O) groups excluding carboxylic acids is 2. The minimum atomic E-state index is -3.56. The third kappa shape index (κ3) is 5.21. The van der Waals surface area contributed by atoms with Gasteiger partial charge in [-0.25, -0.2) is 8.42 Å². The Morgan fingerprint density at radius 3 is 1.69 bits per heavy atom. The number of benzene rings is 2. The fourth-order valence-corrected chi connectivity index (χ4v) is 4.69. The van der Waals surface area contributed by atoms with E-state index in [1.165, 1.54) is 28.6 Å². The molecule has 154 valence electrons. The van der Waals surface area contributed by atoms with Crippen LogP contribution in [0.3, 0.4) is 0 Å². The summed E-state index contributed by atoms with van der Waals surface area (Å²) in [5.41, 5.74) is 6.41. The smallest absolute Gasteiger partial charge is 0.267 e. The van der Waals surface area contributed by atoms with Gasteiger partial charge in [0, 0.05) is 24.2 Å². The minimum absolute atomic E-state index is 0.166. The summed E-state index contributed by atoms with van der Waals surface area (Å²) >= 11 is 0. The van der Waals surface area contributed by atoms with Crippen LogP contribution in [0.4, 0.5) is 0 Å². The van der Waals surface area contributed by atoms with Crippen LogP contribution in [0, 0.1) is 6.92 Å². The van der Waals surface area contributed by atoms with Gasteiger partial charge in [0.15, 0.2) is 0 Å². The second-order valence-corrected chi connectivity index (χ2v) is 9.05. The van der Waals surface area contributed by atoms with Crippen molar-refractivity contribution in [2.75, 3.05) is 13.1 Å². The van der Waals surface area contributed by atoms with E-state index in [1.54, 1.807) is 24.3 Å². The summed E-state index contributed by atoms with van der Waals surface area (Å²) in [6, 6.07) is 12.7. The number of carbonyl (C=O) groups is 2. The van der Waals surface area contributed by atoms with Gasteiger partial charge in [0.25, 0.3) is 11.8 Å². The number of nitrogens with zero attached hydrogens (tertiary/aromatic N) is 1. The Morgan fingerprint density at radius 1 is 0.759 bits per heavy atom. The number of hydrogen-bond acceptors (Lipinski definition) is 4. The lowest BCUT2D eigenvalue weighted by atomic mass is 10.1. The molecule has 0 bridgehead atoms. The molecule has 1 aliphatic heterocycles. The maximum atomic E-state index is 12.8. The lowest BCUT2D eigenvalue weighted by Gasteiger charge is -2.20. The van der Waals surface area contributed by atoms with Gasteiger partial charge in [-0.05, 0) is 56.2 Å². The van der Waals surface area contributed by atoms with Gasteiger partial charge >= 0.3 is 0 Å². The van der Waals surface area contributed by atoms with Gasteiger partial charge in [-0.2, -0.15) is 4.31 Å². The molecule has 0 atom stereocenters. The Morgan fingerprint density at radius 2 is 1.21 bits per heavy atom. The summed E-state index contributed by atoms with van der Waals surface area (Å²) < 4.78 is 27.1. The first-order valence-corrected chi connectivity index (χ1v) is 11.1. The van der Waals surface area contributed by atoms with Gasteiger partial charge in [-0.15, -0.1) is 0 Å². The van der Waals surface area contributed by atoms with Gasteiger partial charge in [-0.3, -0.25) is 20.4 Å². The van der Waals surface area contributed by atoms with Crippen molar-refractivity contribution in [1.29, 1.82) is 0 Å². The van der Waals surface area contributed by atoms with Crippen molar-refractivity contribution >= 4 is 21.8 Å². The predicted octanol–water partition coefficient (Wildman–Crippen LogP) is 2.63. The molecule has 0 aliphatic carbocycles. The highest BCUT2D eigenvalue weighted by atomic mass is 32.2. The molecule has 2 aromatic rings. The van der Waals surface area contributed by atoms with E-state index in [-0.39, 0.29) is 10.5 Å². The van der Waals surface area contributed by atoms with E-state index in [2.05, 4.69) is 10.9 Å². The summed E-state index contributed by atoms with van der Waals surface area (Å²) in [7, 11) is -3.56. The molecule has 2 N–H and O–H groups in total. The highest BCUT2D eigenvalue weighted by Crippen LogP contribution is 2.20. The fourth-order valence-electron chi connectivity index (χ4n) is 3.17. The number of nitrogens with one attached hydrogen (secondary N) is 2. The number of amides is 2. The lowest BCUT2D eigenvalue weighted by molar-refractivity contribution is 0.0846. The molecule has 3 rings (SSSR count). The molecule has 8 heteroatoms. The van der Waals surface area contributed by atoms with Crippen molar-refractivity contribution < 1.29 is 18.0 Å². The standard InChI is InChI=1S/C21H25N3O4S/c1-16-6-8-17(9-7-16)20(25)22-23-21(26)18-10-12-19(13-11-18)29(27,28)24-14-4-2-3-5-15-24/h6-13H,2-5,14-15H2,1H3,(H,22,25)(H,23,26). The van der Waals surface area contributed by atoms with E-state index in [1.807, 2.05) is 6.92 Å². The van der Waals surface area contributed by atoms with Gasteiger partial charge in [0.05, 0.1) is 4.90 Å². The predicted molar refractivity (Wildman–Crippen MR) is 110 cm³/mol. The molecule has 0 saturated carbocycles. The lowest BCUT2D eigenvalue weighted by Crippen LogP contribution is -2.41. The molecule has 1 aliphatic rings. The summed E-state index contributed by atoms with van der Waals surface area (Å²) in [4.78, 5) is 24.5. The Labute approximate surface area is 171 Å². The largest absolute Gasteiger partial charge is 0.269 e. The number of hydrogen-bond donors (Lipinski definition) is 2. The van der Waals surface area contributed by atoms with Gasteiger partial charge in [0.2, 0.25) is 10.0 Å². The van der Waals surface area contributed by atoms with Gasteiger partial charge in [-0.1, -0.05) is 30.5 Å². The molecule has 1 heterocycles. The van der Waals surface area contributed by atoms with Crippen LogP contribution in [0.15, 0.2) is 53.4 Å². The number of rotatable bonds is 4. The molecular formula is C21H25N3O4S. The monoisotopic (exact) mass is 415 g/mol. The zero-order valence-electron chi connectivity index (χ0n) is 16.3. The van der Waals surface area contributed by atoms with Gasteiger partial charge in [0.1, 0.15) is 0 Å². The molecule has 0 unspecified atom stereocenters. The van der Waals surface area contributed by atoms with Crippen molar-refractivity contribution in [3.8, 4) is 0 Å². The zero-order valence-corrected chi connectivity index (χ0v) is 17.2. The van der Waals surface area contributed by atoms with Crippen LogP contribution in [-0.4, -0.2) is 37.6 Å². The number of aryl methyl sites for hydroxylation is 1. The van der Waals surface area contributed by atoms with Crippen LogP contribution in [0.2, 0.25) is 0 Å². The second-order valence-electron chi connectivity index (χ2n) is 7.12. The molecule has 1 saturated heterocycles. The van der Waals surface area contributed by atoms with E-state index in [0.717, 1.165) is 31.2 Å². The summed E-state index contributed by atoms with van der Waals surface area (Å²) in [5.74, 6) is -0.956. The first-order chi connectivity index (χ1) is 13.9. The van der Waals surface area contributed by atoms with E-state index < -0.39 is 21.8 Å². The fraction of sp³-hybridized carbons (Fsp3) is 0.333. The first kappa shape index (κ1) is 21.0. The molecule has 2 aromatic carbocycles. The maximum absolute atomic E-state index is 12.8. The quantitative estimate of drug-likeness (QED) is 0.751. The molecule has 0 radical (unpaired) electrons. The van der Waals surface area contributed by atoms with Crippen molar-refractivity contribution in [2.24, 2.45) is 0 Å². The van der Waals surface area contributed by atoms with Crippen molar-refractivity contribution in [2.45, 2.75) is 37.5 Å². The SMILES string of the molecule is Cc1ccc(C(=O)NNC(=O)c2ccc(S(=O)(=O)N3CCCCCC3)cc2)cc1. The Bertz CT molecular complexity index is 962. The second kappa shape index (κ2) is 9.19. The highest BCUT2D eigenvalue weighted by Gasteiger charge is 2.25. The van der Waals surface area contributed by atoms with Crippen LogP contribution < -0.4 is 10.9 Å². The number of sulfonamides is 1. The average Bonchev–Trinajstić information content (AvgIpc) is 3.02. The Kier molecular flexibility index (Phi) is 6.66. The van der Waals surface area contributed by atoms with Crippen LogP contribution >= 0.6 is 0 Å². The van der Waals surface area contributed by atoms with Crippen molar-refractivity contribution in [3.63, 3.8) is 0 Å². The summed E-state index contributed by atoms with van der Waals surface area (Å²) in [5, 5.41) is 0. The summed E-state index contributed by atoms with van der Waals surface area (Å²) in [6.45, 7) is 2.96. The van der Waals surface area contributed by atoms with Crippen LogP contribution in [-0.2, 0) is 10.0 Å². The first-order valence-electron chi connectivity index (χ1n) is 9.65. The minimum Gasteiger partial charge on any atom is -0.267 e. The molecule has 0 aromatic heterocycles.